The molecule has 1 saturated heterocycles. The minimum Gasteiger partial charge on any atom is -0.383 e. The summed E-state index contributed by atoms with van der Waals surface area (Å²) in [4.78, 5) is 0. The van der Waals surface area contributed by atoms with Crippen molar-refractivity contribution in [2.24, 2.45) is 11.8 Å². The van der Waals surface area contributed by atoms with Crippen LogP contribution in [0.4, 0.5) is 0 Å². The van der Waals surface area contributed by atoms with Crippen LogP contribution in [0, 0.1) is 11.8 Å². The van der Waals surface area contributed by atoms with E-state index < -0.39 is 9.84 Å². The van der Waals surface area contributed by atoms with Crippen LogP contribution in [0.1, 0.15) is 32.6 Å². The Bertz CT molecular complexity index is 316. The highest BCUT2D eigenvalue weighted by Gasteiger charge is 2.32. The average Bonchev–Trinajstić information content (AvgIpc) is 2.69. The molecule has 18 heavy (non-hydrogen) atoms. The van der Waals surface area contributed by atoms with Gasteiger partial charge in [-0.05, 0) is 31.2 Å². The van der Waals surface area contributed by atoms with Crippen LogP contribution < -0.4 is 5.32 Å². The van der Waals surface area contributed by atoms with Gasteiger partial charge in [-0.2, -0.15) is 0 Å². The number of nitrogens with one attached hydrogen (secondary N) is 1. The molecule has 2 unspecified atom stereocenters. The molecule has 1 aliphatic rings. The summed E-state index contributed by atoms with van der Waals surface area (Å²) in [5.74, 6) is 1.64. The van der Waals surface area contributed by atoms with Gasteiger partial charge in [0.1, 0.15) is 0 Å². The molecule has 1 heterocycles. The van der Waals surface area contributed by atoms with Gasteiger partial charge in [-0.25, -0.2) is 8.42 Å². The van der Waals surface area contributed by atoms with Gasteiger partial charge in [0.05, 0.1) is 18.1 Å². The lowest BCUT2D eigenvalue weighted by Crippen LogP contribution is -2.31. The zero-order valence-corrected chi connectivity index (χ0v) is 12.5. The van der Waals surface area contributed by atoms with E-state index in [4.69, 9.17) is 4.74 Å². The first-order chi connectivity index (χ1) is 8.59. The molecule has 4 nitrogen and oxygen atoms in total. The van der Waals surface area contributed by atoms with Crippen LogP contribution in [0.5, 0.6) is 0 Å². The number of rotatable bonds is 9. The van der Waals surface area contributed by atoms with Crippen molar-refractivity contribution in [2.45, 2.75) is 32.6 Å². The molecule has 0 saturated carbocycles. The normalized spacial score (nSPS) is 24.2. The van der Waals surface area contributed by atoms with Gasteiger partial charge in [0.15, 0.2) is 9.84 Å². The van der Waals surface area contributed by atoms with E-state index in [1.54, 1.807) is 7.11 Å². The van der Waals surface area contributed by atoms with Gasteiger partial charge in [0, 0.05) is 13.7 Å². The topological polar surface area (TPSA) is 55.4 Å². The Morgan fingerprint density at radius 1 is 1.44 bits per heavy atom. The lowest BCUT2D eigenvalue weighted by atomic mass is 9.87. The molecule has 0 aliphatic carbocycles. The van der Waals surface area contributed by atoms with E-state index >= 15 is 0 Å². The van der Waals surface area contributed by atoms with E-state index in [0.717, 1.165) is 25.9 Å². The van der Waals surface area contributed by atoms with E-state index in [-0.39, 0.29) is 0 Å². The number of hydrogen-bond donors (Lipinski definition) is 1. The summed E-state index contributed by atoms with van der Waals surface area (Å²) in [5.41, 5.74) is 0. The molecule has 108 valence electrons. The first-order valence-corrected chi connectivity index (χ1v) is 8.81. The van der Waals surface area contributed by atoms with Crippen molar-refractivity contribution in [1.82, 2.24) is 5.32 Å². The summed E-state index contributed by atoms with van der Waals surface area (Å²) < 4.78 is 28.1. The third-order valence-electron chi connectivity index (χ3n) is 3.75. The molecular weight excluding hydrogens is 250 g/mol. The Balaban J connectivity index is 2.40. The third-order valence-corrected chi connectivity index (χ3v) is 5.55. The van der Waals surface area contributed by atoms with Gasteiger partial charge in [-0.3, -0.25) is 0 Å². The molecule has 0 radical (unpaired) electrons. The van der Waals surface area contributed by atoms with Gasteiger partial charge >= 0.3 is 0 Å². The van der Waals surface area contributed by atoms with Crippen molar-refractivity contribution >= 4 is 9.84 Å². The van der Waals surface area contributed by atoms with Gasteiger partial charge in [0.25, 0.3) is 0 Å². The summed E-state index contributed by atoms with van der Waals surface area (Å²) in [6, 6.07) is 0. The fourth-order valence-corrected chi connectivity index (χ4v) is 4.55. The molecular formula is C13H27NO3S. The highest BCUT2D eigenvalue weighted by Crippen LogP contribution is 2.29. The molecule has 0 spiro atoms. The van der Waals surface area contributed by atoms with Crippen molar-refractivity contribution in [3.05, 3.63) is 0 Å². The molecule has 1 fully saturated rings. The molecule has 1 aliphatic heterocycles. The lowest BCUT2D eigenvalue weighted by molar-refractivity contribution is 0.195. The monoisotopic (exact) mass is 277 g/mol. The fourth-order valence-electron chi connectivity index (χ4n) is 2.63. The smallest absolute Gasteiger partial charge is 0.150 e. The van der Waals surface area contributed by atoms with E-state index in [1.165, 1.54) is 12.8 Å². The highest BCUT2D eigenvalue weighted by molar-refractivity contribution is 7.91. The number of methoxy groups -OCH3 is 1. The Morgan fingerprint density at radius 2 is 2.22 bits per heavy atom. The first kappa shape index (κ1) is 15.9. The Hall–Kier alpha value is -0.130. The standard InChI is InChI=1S/C13H27NO3S/c1-3-4-5-12(10-14-7-8-17-2)13-6-9-18(15,16)11-13/h12-14H,3-11H2,1-2H3. The molecule has 2 atom stereocenters. The van der Waals surface area contributed by atoms with Crippen LogP contribution in [0.15, 0.2) is 0 Å². The molecule has 0 bridgehead atoms. The minimum absolute atomic E-state index is 0.358. The van der Waals surface area contributed by atoms with Crippen molar-refractivity contribution in [1.29, 1.82) is 0 Å². The average molecular weight is 277 g/mol. The Labute approximate surface area is 111 Å². The van der Waals surface area contributed by atoms with Crippen molar-refractivity contribution in [3.8, 4) is 0 Å². The van der Waals surface area contributed by atoms with Crippen LogP contribution in [0.3, 0.4) is 0 Å². The first-order valence-electron chi connectivity index (χ1n) is 6.99. The summed E-state index contributed by atoms with van der Waals surface area (Å²) in [6.45, 7) is 4.66. The lowest BCUT2D eigenvalue weighted by Gasteiger charge is -2.23. The largest absolute Gasteiger partial charge is 0.383 e. The number of sulfone groups is 1. The van der Waals surface area contributed by atoms with Gasteiger partial charge in [-0.15, -0.1) is 0 Å². The number of unbranched alkanes of at least 4 members (excludes halogenated alkanes) is 1. The van der Waals surface area contributed by atoms with Crippen LogP contribution in [0.2, 0.25) is 0 Å². The number of ether oxygens (including phenoxy) is 1. The second-order valence-electron chi connectivity index (χ2n) is 5.26. The predicted molar refractivity (Wildman–Crippen MR) is 74.5 cm³/mol. The maximum absolute atomic E-state index is 11.6. The highest BCUT2D eigenvalue weighted by atomic mass is 32.2. The SMILES string of the molecule is CCCCC(CNCCOC)C1CCS(=O)(=O)C1. The van der Waals surface area contributed by atoms with Crippen LogP contribution in [-0.2, 0) is 14.6 Å². The second kappa shape index (κ2) is 8.12. The van der Waals surface area contributed by atoms with Gasteiger partial charge in [0.2, 0.25) is 0 Å². The number of hydrogen-bond acceptors (Lipinski definition) is 4. The van der Waals surface area contributed by atoms with E-state index in [0.29, 0.717) is 29.9 Å². The van der Waals surface area contributed by atoms with Crippen LogP contribution >= 0.6 is 0 Å². The summed E-state index contributed by atoms with van der Waals surface area (Å²) >= 11 is 0. The summed E-state index contributed by atoms with van der Waals surface area (Å²) in [7, 11) is -1.06. The molecule has 0 aromatic rings. The Morgan fingerprint density at radius 3 is 2.78 bits per heavy atom. The third kappa shape index (κ3) is 5.67. The van der Waals surface area contributed by atoms with Crippen molar-refractivity contribution in [3.63, 3.8) is 0 Å². The maximum Gasteiger partial charge on any atom is 0.150 e. The zero-order chi connectivity index (χ0) is 13.4. The second-order valence-corrected chi connectivity index (χ2v) is 7.49. The summed E-state index contributed by atoms with van der Waals surface area (Å²) in [6.07, 6.45) is 4.35. The van der Waals surface area contributed by atoms with Gasteiger partial charge in [-0.1, -0.05) is 19.8 Å². The van der Waals surface area contributed by atoms with E-state index in [1.807, 2.05) is 0 Å². The molecule has 1 N–H and O–H groups in total. The quantitative estimate of drug-likeness (QED) is 0.648. The zero-order valence-electron chi connectivity index (χ0n) is 11.7. The maximum atomic E-state index is 11.6. The Kier molecular flexibility index (Phi) is 7.19. The fraction of sp³-hybridized carbons (Fsp3) is 1.00. The molecule has 0 aromatic carbocycles. The van der Waals surface area contributed by atoms with E-state index in [9.17, 15) is 8.42 Å². The van der Waals surface area contributed by atoms with Crippen LogP contribution in [-0.4, -0.2) is 46.7 Å². The molecule has 1 rings (SSSR count). The van der Waals surface area contributed by atoms with Gasteiger partial charge < -0.3 is 10.1 Å². The molecule has 0 aromatic heterocycles. The minimum atomic E-state index is -2.75. The predicted octanol–water partition coefficient (Wildman–Crippen LogP) is 1.46. The molecule has 0 amide bonds. The van der Waals surface area contributed by atoms with Crippen LogP contribution in [0.25, 0.3) is 0 Å². The van der Waals surface area contributed by atoms with Crippen molar-refractivity contribution < 1.29 is 13.2 Å². The summed E-state index contributed by atoms with van der Waals surface area (Å²) in [5, 5.41) is 3.38. The molecule has 5 heteroatoms. The van der Waals surface area contributed by atoms with E-state index in [2.05, 4.69) is 12.2 Å². The van der Waals surface area contributed by atoms with Crippen molar-refractivity contribution in [2.75, 3.05) is 38.3 Å².